The molecule has 11 heteroatoms. The molecule has 11 nitrogen and oxygen atoms in total. The van der Waals surface area contributed by atoms with E-state index in [0.717, 1.165) is 11.3 Å². The minimum Gasteiger partial charge on any atom is -0.495 e. The van der Waals surface area contributed by atoms with Gasteiger partial charge in [-0.1, -0.05) is 12.6 Å². The lowest BCUT2D eigenvalue weighted by Gasteiger charge is -2.40. The summed E-state index contributed by atoms with van der Waals surface area (Å²) in [5, 5.41) is 5.73. The summed E-state index contributed by atoms with van der Waals surface area (Å²) >= 11 is 0. The van der Waals surface area contributed by atoms with Crippen LogP contribution in [0.25, 0.3) is 0 Å². The normalized spacial score (nSPS) is 17.0. The van der Waals surface area contributed by atoms with Crippen LogP contribution in [0.4, 0.5) is 5.82 Å². The van der Waals surface area contributed by atoms with Crippen LogP contribution in [0.15, 0.2) is 55.4 Å². The zero-order chi connectivity index (χ0) is 33.7. The van der Waals surface area contributed by atoms with Crippen molar-refractivity contribution in [2.75, 3.05) is 45.2 Å². The number of methoxy groups -OCH3 is 1. The number of nitrogens with zero attached hydrogens (tertiary/aromatic N) is 4. The molecule has 3 aromatic rings. The van der Waals surface area contributed by atoms with E-state index in [-0.39, 0.29) is 23.4 Å². The van der Waals surface area contributed by atoms with Crippen molar-refractivity contribution in [3.8, 4) is 11.5 Å². The average Bonchev–Trinajstić information content (AvgIpc) is 3.91. The number of ether oxygens (including phenoxy) is 2. The van der Waals surface area contributed by atoms with Gasteiger partial charge in [0, 0.05) is 50.5 Å². The molecule has 3 amide bonds. The van der Waals surface area contributed by atoms with Crippen LogP contribution in [-0.2, 0) is 4.79 Å². The maximum absolute atomic E-state index is 13.5. The number of amides is 3. The van der Waals surface area contributed by atoms with Crippen molar-refractivity contribution in [1.82, 2.24) is 25.1 Å². The molecule has 1 aromatic carbocycles. The van der Waals surface area contributed by atoms with Gasteiger partial charge in [-0.05, 0) is 93.5 Å². The SMILES string of the molecule is C=CC(=O)N1CCN(C[C@@H](Oc2cc(C)c(C(=O)Nc3ncc(OC)cc3C)cc2C(=O)NCC)c2ccc(C3CC3)cn2)C[C@H]1C. The highest BCUT2D eigenvalue weighted by Crippen LogP contribution is 2.40. The molecule has 0 spiro atoms. The second-order valence-electron chi connectivity index (χ2n) is 12.3. The van der Waals surface area contributed by atoms with Crippen molar-refractivity contribution in [3.63, 3.8) is 0 Å². The van der Waals surface area contributed by atoms with Gasteiger partial charge in [-0.2, -0.15) is 0 Å². The third kappa shape index (κ3) is 7.97. The van der Waals surface area contributed by atoms with Crippen LogP contribution in [0.3, 0.4) is 0 Å². The molecule has 2 aliphatic rings. The molecular formula is C36H44N6O5. The van der Waals surface area contributed by atoms with Crippen LogP contribution in [-0.4, -0.2) is 83.4 Å². The quantitative estimate of drug-likeness (QED) is 0.270. The molecular weight excluding hydrogens is 596 g/mol. The molecule has 2 atom stereocenters. The standard InChI is InChI=1S/C36H44N6O5/c1-7-33(43)42-14-13-41(20-24(42)5)21-32(30-12-11-26(18-38-30)25-9-10-25)47-31-16-22(3)28(17-29(31)35(44)37-8-2)36(45)40-34-23(4)15-27(46-6)19-39-34/h7,11-12,15-19,24-25,32H,1,8-10,13-14,20-21H2,2-6H3,(H,37,44)(H,39,40,45)/t24-,32-/m1/s1. The van der Waals surface area contributed by atoms with Crippen LogP contribution in [0.2, 0.25) is 0 Å². The van der Waals surface area contributed by atoms with E-state index in [2.05, 4.69) is 33.2 Å². The number of anilines is 1. The Morgan fingerprint density at radius 2 is 1.83 bits per heavy atom. The second kappa shape index (κ2) is 14.8. The number of aryl methyl sites for hydroxylation is 2. The molecule has 0 radical (unpaired) electrons. The van der Waals surface area contributed by atoms with Gasteiger partial charge in [0.2, 0.25) is 5.91 Å². The molecule has 47 heavy (non-hydrogen) atoms. The molecule has 3 heterocycles. The third-order valence-corrected chi connectivity index (χ3v) is 8.72. The summed E-state index contributed by atoms with van der Waals surface area (Å²) in [6, 6.07) is 9.21. The van der Waals surface area contributed by atoms with Gasteiger partial charge in [-0.3, -0.25) is 24.3 Å². The van der Waals surface area contributed by atoms with Crippen LogP contribution in [0.5, 0.6) is 11.5 Å². The zero-order valence-corrected chi connectivity index (χ0v) is 27.8. The first-order valence-corrected chi connectivity index (χ1v) is 16.1. The van der Waals surface area contributed by atoms with Crippen LogP contribution >= 0.6 is 0 Å². The van der Waals surface area contributed by atoms with E-state index >= 15 is 0 Å². The Labute approximate surface area is 276 Å². The minimum absolute atomic E-state index is 0.00476. The lowest BCUT2D eigenvalue weighted by molar-refractivity contribution is -0.130. The highest BCUT2D eigenvalue weighted by atomic mass is 16.5. The monoisotopic (exact) mass is 640 g/mol. The molecule has 0 unspecified atom stereocenters. The number of benzene rings is 1. The summed E-state index contributed by atoms with van der Waals surface area (Å²) < 4.78 is 11.9. The predicted molar refractivity (Wildman–Crippen MR) is 180 cm³/mol. The van der Waals surface area contributed by atoms with E-state index in [1.54, 1.807) is 25.3 Å². The fourth-order valence-electron chi connectivity index (χ4n) is 5.91. The topological polar surface area (TPSA) is 126 Å². The first-order chi connectivity index (χ1) is 22.6. The zero-order valence-electron chi connectivity index (χ0n) is 27.8. The summed E-state index contributed by atoms with van der Waals surface area (Å²) in [6.45, 7) is 13.9. The van der Waals surface area contributed by atoms with Crippen molar-refractivity contribution >= 4 is 23.5 Å². The molecule has 1 saturated carbocycles. The highest BCUT2D eigenvalue weighted by molar-refractivity contribution is 6.07. The Balaban J connectivity index is 1.45. The maximum atomic E-state index is 13.5. The smallest absolute Gasteiger partial charge is 0.257 e. The number of carbonyl (C=O) groups excluding carboxylic acids is 3. The van der Waals surface area contributed by atoms with E-state index in [4.69, 9.17) is 14.5 Å². The van der Waals surface area contributed by atoms with Gasteiger partial charge in [-0.15, -0.1) is 0 Å². The third-order valence-electron chi connectivity index (χ3n) is 8.72. The fraction of sp³-hybridized carbons (Fsp3) is 0.417. The van der Waals surface area contributed by atoms with Crippen LogP contribution in [0.1, 0.15) is 81.8 Å². The van der Waals surface area contributed by atoms with Crippen molar-refractivity contribution < 1.29 is 23.9 Å². The van der Waals surface area contributed by atoms with Crippen LogP contribution < -0.4 is 20.1 Å². The van der Waals surface area contributed by atoms with Crippen molar-refractivity contribution in [3.05, 3.63) is 88.9 Å². The Bertz CT molecular complexity index is 1640. The van der Waals surface area contributed by atoms with E-state index < -0.39 is 12.0 Å². The fourth-order valence-corrected chi connectivity index (χ4v) is 5.91. The predicted octanol–water partition coefficient (Wildman–Crippen LogP) is 4.82. The Hall–Kier alpha value is -4.77. The lowest BCUT2D eigenvalue weighted by atomic mass is 10.0. The number of aromatic nitrogens is 2. The number of pyridine rings is 2. The van der Waals surface area contributed by atoms with Gasteiger partial charge in [0.25, 0.3) is 11.8 Å². The second-order valence-corrected chi connectivity index (χ2v) is 12.3. The number of rotatable bonds is 12. The lowest BCUT2D eigenvalue weighted by Crippen LogP contribution is -2.54. The summed E-state index contributed by atoms with van der Waals surface area (Å²) in [4.78, 5) is 52.5. The van der Waals surface area contributed by atoms with Gasteiger partial charge in [-0.25, -0.2) is 4.98 Å². The first kappa shape index (κ1) is 33.6. The molecule has 5 rings (SSSR count). The molecule has 1 aliphatic heterocycles. The van der Waals surface area contributed by atoms with E-state index in [0.29, 0.717) is 67.1 Å². The van der Waals surface area contributed by atoms with Gasteiger partial charge >= 0.3 is 0 Å². The molecule has 2 fully saturated rings. The summed E-state index contributed by atoms with van der Waals surface area (Å²) in [6.07, 6.45) is 6.65. The molecule has 0 bridgehead atoms. The highest BCUT2D eigenvalue weighted by Gasteiger charge is 2.31. The first-order valence-electron chi connectivity index (χ1n) is 16.1. The number of piperazine rings is 1. The maximum Gasteiger partial charge on any atom is 0.257 e. The van der Waals surface area contributed by atoms with Gasteiger partial charge < -0.3 is 25.0 Å². The number of hydrogen-bond acceptors (Lipinski definition) is 8. The van der Waals surface area contributed by atoms with E-state index in [9.17, 15) is 14.4 Å². The van der Waals surface area contributed by atoms with Crippen LogP contribution in [0, 0.1) is 13.8 Å². The molecule has 2 N–H and O–H groups in total. The average molecular weight is 641 g/mol. The van der Waals surface area contributed by atoms with E-state index in [1.807, 2.05) is 44.9 Å². The van der Waals surface area contributed by atoms with Gasteiger partial charge in [0.05, 0.1) is 24.6 Å². The number of carbonyl (C=O) groups is 3. The van der Waals surface area contributed by atoms with Gasteiger partial charge in [0.15, 0.2) is 6.10 Å². The molecule has 2 aromatic heterocycles. The molecule has 1 saturated heterocycles. The van der Waals surface area contributed by atoms with Gasteiger partial charge in [0.1, 0.15) is 17.3 Å². The minimum atomic E-state index is -0.518. The summed E-state index contributed by atoms with van der Waals surface area (Å²) in [7, 11) is 1.56. The molecule has 1 aliphatic carbocycles. The Morgan fingerprint density at radius 1 is 1.04 bits per heavy atom. The molecule has 248 valence electrons. The largest absolute Gasteiger partial charge is 0.495 e. The number of nitrogens with one attached hydrogen (secondary N) is 2. The van der Waals surface area contributed by atoms with Crippen molar-refractivity contribution in [2.45, 2.75) is 58.6 Å². The van der Waals surface area contributed by atoms with Crippen molar-refractivity contribution in [2.24, 2.45) is 0 Å². The Kier molecular flexibility index (Phi) is 10.6. The summed E-state index contributed by atoms with van der Waals surface area (Å²) in [5.41, 5.74) is 3.92. The Morgan fingerprint density at radius 3 is 2.45 bits per heavy atom. The summed E-state index contributed by atoms with van der Waals surface area (Å²) in [5.74, 6) is 1.09. The van der Waals surface area contributed by atoms with Crippen molar-refractivity contribution in [1.29, 1.82) is 0 Å². The van der Waals surface area contributed by atoms with E-state index in [1.165, 1.54) is 30.7 Å². The number of hydrogen-bond donors (Lipinski definition) is 2.